The van der Waals surface area contributed by atoms with Gasteiger partial charge >= 0.3 is 6.03 Å². The van der Waals surface area contributed by atoms with E-state index in [4.69, 9.17) is 4.42 Å². The van der Waals surface area contributed by atoms with Crippen molar-refractivity contribution in [3.8, 4) is 0 Å². The summed E-state index contributed by atoms with van der Waals surface area (Å²) < 4.78 is 5.10. The first-order valence-corrected chi connectivity index (χ1v) is 6.44. The lowest BCUT2D eigenvalue weighted by atomic mass is 10.3. The van der Waals surface area contributed by atoms with E-state index in [2.05, 4.69) is 20.2 Å². The summed E-state index contributed by atoms with van der Waals surface area (Å²) in [4.78, 5) is 24.3. The molecule has 0 atom stereocenters. The molecule has 0 unspecified atom stereocenters. The van der Waals surface area contributed by atoms with Crippen LogP contribution in [-0.4, -0.2) is 47.1 Å². The first-order chi connectivity index (χ1) is 9.83. The lowest BCUT2D eigenvalue weighted by Gasteiger charge is -2.34. The number of urea groups is 1. The Balaban J connectivity index is 1.54. The van der Waals surface area contributed by atoms with Crippen molar-refractivity contribution < 1.29 is 9.21 Å². The Hall–Kier alpha value is -2.57. The third-order valence-corrected chi connectivity index (χ3v) is 3.15. The second-order valence-electron chi connectivity index (χ2n) is 4.43. The lowest BCUT2D eigenvalue weighted by molar-refractivity contribution is 0.207. The molecule has 2 aromatic heterocycles. The fourth-order valence-electron chi connectivity index (χ4n) is 2.10. The lowest BCUT2D eigenvalue weighted by Crippen LogP contribution is -2.50. The molecule has 3 heterocycles. The topological polar surface area (TPSA) is 74.5 Å². The van der Waals surface area contributed by atoms with Gasteiger partial charge in [0.1, 0.15) is 0 Å². The fraction of sp³-hybridized carbons (Fsp3) is 0.308. The van der Waals surface area contributed by atoms with E-state index in [-0.39, 0.29) is 6.03 Å². The molecule has 2 aromatic rings. The molecule has 2 amide bonds. The van der Waals surface area contributed by atoms with Crippen molar-refractivity contribution in [2.45, 2.75) is 0 Å². The van der Waals surface area contributed by atoms with Crippen molar-refractivity contribution in [1.82, 2.24) is 14.9 Å². The first-order valence-electron chi connectivity index (χ1n) is 6.44. The summed E-state index contributed by atoms with van der Waals surface area (Å²) in [5, 5.41) is 2.72. The molecule has 1 saturated heterocycles. The van der Waals surface area contributed by atoms with Crippen LogP contribution < -0.4 is 10.2 Å². The van der Waals surface area contributed by atoms with E-state index in [0.717, 1.165) is 13.1 Å². The van der Waals surface area contributed by atoms with Crippen molar-refractivity contribution >= 4 is 17.9 Å². The minimum atomic E-state index is -0.145. The molecule has 0 aliphatic carbocycles. The molecule has 1 aliphatic heterocycles. The molecule has 7 nitrogen and oxygen atoms in total. The summed E-state index contributed by atoms with van der Waals surface area (Å²) in [6.45, 7) is 2.70. The summed E-state index contributed by atoms with van der Waals surface area (Å²) in [7, 11) is 0. The highest BCUT2D eigenvalue weighted by molar-refractivity contribution is 5.88. The number of furan rings is 1. The predicted molar refractivity (Wildman–Crippen MR) is 73.5 cm³/mol. The molecule has 0 aromatic carbocycles. The van der Waals surface area contributed by atoms with Crippen molar-refractivity contribution in [2.24, 2.45) is 0 Å². The molecule has 7 heteroatoms. The van der Waals surface area contributed by atoms with Gasteiger partial charge in [-0.3, -0.25) is 5.32 Å². The molecule has 0 spiro atoms. The van der Waals surface area contributed by atoms with Crippen molar-refractivity contribution in [2.75, 3.05) is 36.4 Å². The molecule has 0 bridgehead atoms. The van der Waals surface area contributed by atoms with Crippen LogP contribution in [-0.2, 0) is 0 Å². The van der Waals surface area contributed by atoms with E-state index in [1.165, 1.54) is 6.26 Å². The van der Waals surface area contributed by atoms with Crippen LogP contribution in [0.2, 0.25) is 0 Å². The zero-order valence-corrected chi connectivity index (χ0v) is 10.9. The zero-order valence-electron chi connectivity index (χ0n) is 10.9. The van der Waals surface area contributed by atoms with Gasteiger partial charge in [0.15, 0.2) is 0 Å². The molecule has 1 aliphatic rings. The summed E-state index contributed by atoms with van der Waals surface area (Å²) in [5.41, 5.74) is 0. The molecule has 104 valence electrons. The van der Waals surface area contributed by atoms with Crippen LogP contribution in [0.15, 0.2) is 41.3 Å². The van der Waals surface area contributed by atoms with E-state index >= 15 is 0 Å². The Morgan fingerprint density at radius 2 is 1.90 bits per heavy atom. The van der Waals surface area contributed by atoms with E-state index in [0.29, 0.717) is 24.9 Å². The Labute approximate surface area is 116 Å². The predicted octanol–water partition coefficient (Wildman–Crippen LogP) is 1.42. The van der Waals surface area contributed by atoms with Crippen LogP contribution >= 0.6 is 0 Å². The molecule has 0 radical (unpaired) electrons. The highest BCUT2D eigenvalue weighted by Crippen LogP contribution is 2.12. The molecule has 1 N–H and O–H groups in total. The molecular weight excluding hydrogens is 258 g/mol. The number of amides is 2. The number of nitrogens with one attached hydrogen (secondary N) is 1. The van der Waals surface area contributed by atoms with Gasteiger partial charge in [0, 0.05) is 44.6 Å². The van der Waals surface area contributed by atoms with Crippen LogP contribution in [0, 0.1) is 0 Å². The average molecular weight is 273 g/mol. The standard InChI is InChI=1S/C13H15N5O2/c19-13(16-11-3-1-10-20-11)18-8-6-17(7-9-18)12-14-4-2-5-15-12/h1-5,10H,6-9H2,(H,16,19). The summed E-state index contributed by atoms with van der Waals surface area (Å²) in [6.07, 6.45) is 4.97. The summed E-state index contributed by atoms with van der Waals surface area (Å²) in [6, 6.07) is 5.09. The van der Waals surface area contributed by atoms with Crippen LogP contribution in [0.3, 0.4) is 0 Å². The molecule has 1 fully saturated rings. The highest BCUT2D eigenvalue weighted by atomic mass is 16.3. The van der Waals surface area contributed by atoms with E-state index in [1.807, 2.05) is 0 Å². The summed E-state index contributed by atoms with van der Waals surface area (Å²) >= 11 is 0. The molecule has 0 saturated carbocycles. The number of hydrogen-bond acceptors (Lipinski definition) is 5. The number of piperazine rings is 1. The van der Waals surface area contributed by atoms with Gasteiger partial charge in [0.05, 0.1) is 6.26 Å². The van der Waals surface area contributed by atoms with Crippen LogP contribution in [0.4, 0.5) is 16.6 Å². The molecule has 20 heavy (non-hydrogen) atoms. The van der Waals surface area contributed by atoms with Crippen LogP contribution in [0.1, 0.15) is 0 Å². The van der Waals surface area contributed by atoms with Gasteiger partial charge in [0.25, 0.3) is 0 Å². The van der Waals surface area contributed by atoms with E-state index < -0.39 is 0 Å². The van der Waals surface area contributed by atoms with Gasteiger partial charge in [-0.1, -0.05) is 0 Å². The minimum absolute atomic E-state index is 0.145. The maximum Gasteiger partial charge on any atom is 0.324 e. The van der Waals surface area contributed by atoms with Crippen molar-refractivity contribution in [3.05, 3.63) is 36.9 Å². The van der Waals surface area contributed by atoms with Gasteiger partial charge in [-0.2, -0.15) is 0 Å². The van der Waals surface area contributed by atoms with Gasteiger partial charge in [-0.05, 0) is 12.1 Å². The van der Waals surface area contributed by atoms with Crippen LogP contribution in [0.5, 0.6) is 0 Å². The average Bonchev–Trinajstić information content (AvgIpc) is 3.01. The van der Waals surface area contributed by atoms with Gasteiger partial charge in [-0.15, -0.1) is 0 Å². The molecule has 3 rings (SSSR count). The number of hydrogen-bond donors (Lipinski definition) is 1. The monoisotopic (exact) mass is 273 g/mol. The Morgan fingerprint density at radius 3 is 2.55 bits per heavy atom. The molecular formula is C13H15N5O2. The largest absolute Gasteiger partial charge is 0.449 e. The highest BCUT2D eigenvalue weighted by Gasteiger charge is 2.22. The number of carbonyl (C=O) groups is 1. The van der Waals surface area contributed by atoms with Crippen molar-refractivity contribution in [1.29, 1.82) is 0 Å². The number of rotatable bonds is 2. The third kappa shape index (κ3) is 2.71. The van der Waals surface area contributed by atoms with E-state index in [1.54, 1.807) is 35.5 Å². The fourth-order valence-corrected chi connectivity index (χ4v) is 2.10. The second-order valence-corrected chi connectivity index (χ2v) is 4.43. The smallest absolute Gasteiger partial charge is 0.324 e. The quantitative estimate of drug-likeness (QED) is 0.895. The maximum atomic E-state index is 12.0. The second kappa shape index (κ2) is 5.60. The van der Waals surface area contributed by atoms with Gasteiger partial charge < -0.3 is 14.2 Å². The SMILES string of the molecule is O=C(Nc1ccco1)N1CCN(c2ncccn2)CC1. The number of nitrogens with zero attached hydrogens (tertiary/aromatic N) is 4. The summed E-state index contributed by atoms with van der Waals surface area (Å²) in [5.74, 6) is 1.17. The number of aromatic nitrogens is 2. The Kier molecular flexibility index (Phi) is 3.49. The van der Waals surface area contributed by atoms with Crippen molar-refractivity contribution in [3.63, 3.8) is 0 Å². The maximum absolute atomic E-state index is 12.0. The zero-order chi connectivity index (χ0) is 13.8. The number of carbonyl (C=O) groups excluding carboxylic acids is 1. The normalized spacial score (nSPS) is 15.2. The minimum Gasteiger partial charge on any atom is -0.449 e. The Bertz CT molecular complexity index is 549. The van der Waals surface area contributed by atoms with Crippen LogP contribution in [0.25, 0.3) is 0 Å². The van der Waals surface area contributed by atoms with Gasteiger partial charge in [-0.25, -0.2) is 14.8 Å². The first kappa shape index (κ1) is 12.5. The number of anilines is 2. The third-order valence-electron chi connectivity index (χ3n) is 3.15. The van der Waals surface area contributed by atoms with E-state index in [9.17, 15) is 4.79 Å². The van der Waals surface area contributed by atoms with Gasteiger partial charge in [0.2, 0.25) is 11.8 Å². The Morgan fingerprint density at radius 1 is 1.15 bits per heavy atom.